The van der Waals surface area contributed by atoms with Crippen molar-refractivity contribution >= 4 is 23.7 Å². The molecule has 8 nitrogen and oxygen atoms in total. The van der Waals surface area contributed by atoms with Gasteiger partial charge in [-0.3, -0.25) is 19.3 Å². The van der Waals surface area contributed by atoms with Gasteiger partial charge in [0.05, 0.1) is 6.42 Å². The van der Waals surface area contributed by atoms with Gasteiger partial charge in [0.25, 0.3) is 5.91 Å². The molecule has 3 amide bonds. The van der Waals surface area contributed by atoms with E-state index in [1.807, 2.05) is 19.9 Å². The predicted octanol–water partition coefficient (Wildman–Crippen LogP) is 1.89. The lowest BCUT2D eigenvalue weighted by molar-refractivity contribution is -0.143. The number of aromatic nitrogens is 1. The summed E-state index contributed by atoms with van der Waals surface area (Å²) >= 11 is 0. The van der Waals surface area contributed by atoms with Crippen molar-refractivity contribution in [1.82, 2.24) is 14.8 Å². The Hall–Kier alpha value is -2.64. The van der Waals surface area contributed by atoms with Gasteiger partial charge in [0.2, 0.25) is 5.78 Å². The van der Waals surface area contributed by atoms with E-state index in [9.17, 15) is 19.2 Å². The standard InChI is InChI=1S/C19H25N3O5/c1-11-9-14(12(2)22(11)13-5-6-13)15(23)10-27-16(24)7-8-21-17(25)19(3,4)20-18(21)26/h9,13H,5-8,10H2,1-4H3,(H,20,26). The van der Waals surface area contributed by atoms with Gasteiger partial charge < -0.3 is 14.6 Å². The largest absolute Gasteiger partial charge is 0.457 e. The highest BCUT2D eigenvalue weighted by Crippen LogP contribution is 2.38. The Morgan fingerprint density at radius 3 is 2.48 bits per heavy atom. The molecule has 0 atom stereocenters. The van der Waals surface area contributed by atoms with Crippen LogP contribution in [0, 0.1) is 13.8 Å². The van der Waals surface area contributed by atoms with Crippen molar-refractivity contribution in [2.75, 3.05) is 13.2 Å². The van der Waals surface area contributed by atoms with Crippen molar-refractivity contribution in [1.29, 1.82) is 0 Å². The molecule has 1 aliphatic carbocycles. The van der Waals surface area contributed by atoms with E-state index in [-0.39, 0.29) is 31.3 Å². The Morgan fingerprint density at radius 2 is 1.93 bits per heavy atom. The zero-order valence-electron chi connectivity index (χ0n) is 16.1. The molecule has 2 heterocycles. The molecule has 1 aliphatic heterocycles. The molecule has 146 valence electrons. The van der Waals surface area contributed by atoms with Gasteiger partial charge in [0.1, 0.15) is 5.54 Å². The zero-order chi connectivity index (χ0) is 19.9. The lowest BCUT2D eigenvalue weighted by Crippen LogP contribution is -2.40. The molecule has 1 aromatic rings. The molecule has 8 heteroatoms. The maximum absolute atomic E-state index is 12.4. The number of esters is 1. The minimum Gasteiger partial charge on any atom is -0.457 e. The van der Waals surface area contributed by atoms with Gasteiger partial charge in [0.15, 0.2) is 6.61 Å². The molecule has 2 fully saturated rings. The number of ether oxygens (including phenoxy) is 1. The van der Waals surface area contributed by atoms with Crippen LogP contribution >= 0.6 is 0 Å². The van der Waals surface area contributed by atoms with Crippen LogP contribution in [-0.2, 0) is 14.3 Å². The van der Waals surface area contributed by atoms with Gasteiger partial charge in [-0.05, 0) is 46.6 Å². The smallest absolute Gasteiger partial charge is 0.325 e. The van der Waals surface area contributed by atoms with Crippen molar-refractivity contribution in [2.24, 2.45) is 0 Å². The van der Waals surface area contributed by atoms with Gasteiger partial charge in [-0.2, -0.15) is 0 Å². The number of aryl methyl sites for hydroxylation is 1. The van der Waals surface area contributed by atoms with E-state index >= 15 is 0 Å². The number of ketones is 1. The summed E-state index contributed by atoms with van der Waals surface area (Å²) in [5, 5.41) is 2.55. The second-order valence-electron chi connectivity index (χ2n) is 7.73. The number of nitrogens with one attached hydrogen (secondary N) is 1. The minimum atomic E-state index is -0.971. The molecule has 0 bridgehead atoms. The molecule has 0 aromatic carbocycles. The number of Topliss-reactive ketones (excluding diaryl/α,β-unsaturated/α-hetero) is 1. The third kappa shape index (κ3) is 3.74. The van der Waals surface area contributed by atoms with E-state index in [2.05, 4.69) is 9.88 Å². The molecule has 0 spiro atoms. The van der Waals surface area contributed by atoms with E-state index in [0.29, 0.717) is 11.6 Å². The maximum atomic E-state index is 12.4. The number of rotatable bonds is 7. The highest BCUT2D eigenvalue weighted by molar-refractivity contribution is 6.06. The number of urea groups is 1. The van der Waals surface area contributed by atoms with Crippen LogP contribution in [0.4, 0.5) is 4.79 Å². The summed E-state index contributed by atoms with van der Waals surface area (Å²) in [6, 6.07) is 1.78. The zero-order valence-corrected chi connectivity index (χ0v) is 16.1. The average molecular weight is 375 g/mol. The Labute approximate surface area is 157 Å². The first-order valence-electron chi connectivity index (χ1n) is 9.13. The summed E-state index contributed by atoms with van der Waals surface area (Å²) in [5.41, 5.74) is 1.53. The molecule has 1 aromatic heterocycles. The van der Waals surface area contributed by atoms with Crippen molar-refractivity contribution in [3.63, 3.8) is 0 Å². The summed E-state index contributed by atoms with van der Waals surface area (Å²) in [6.45, 7) is 6.65. The molecule has 1 N–H and O–H groups in total. The molecule has 0 unspecified atom stereocenters. The summed E-state index contributed by atoms with van der Waals surface area (Å²) < 4.78 is 7.21. The molecule has 1 saturated carbocycles. The lowest BCUT2D eigenvalue weighted by atomic mass is 10.1. The highest BCUT2D eigenvalue weighted by Gasteiger charge is 2.44. The van der Waals surface area contributed by atoms with Gasteiger partial charge in [-0.1, -0.05) is 0 Å². The van der Waals surface area contributed by atoms with Crippen LogP contribution in [0.15, 0.2) is 6.07 Å². The quantitative estimate of drug-likeness (QED) is 0.446. The first-order valence-corrected chi connectivity index (χ1v) is 9.13. The first kappa shape index (κ1) is 19.1. The average Bonchev–Trinajstić information content (AvgIpc) is 3.33. The summed E-state index contributed by atoms with van der Waals surface area (Å²) in [5.74, 6) is -1.26. The lowest BCUT2D eigenvalue weighted by Gasteiger charge is -2.15. The summed E-state index contributed by atoms with van der Waals surface area (Å²) in [6.07, 6.45) is 2.10. The fourth-order valence-corrected chi connectivity index (χ4v) is 3.47. The van der Waals surface area contributed by atoms with E-state index in [1.54, 1.807) is 13.8 Å². The molecular weight excluding hydrogens is 350 g/mol. The second-order valence-corrected chi connectivity index (χ2v) is 7.73. The monoisotopic (exact) mass is 375 g/mol. The predicted molar refractivity (Wildman–Crippen MR) is 96.4 cm³/mol. The number of carbonyl (C=O) groups is 4. The van der Waals surface area contributed by atoms with Gasteiger partial charge in [0, 0.05) is 29.5 Å². The normalized spacial score (nSPS) is 18.6. The number of nitrogens with zero attached hydrogens (tertiary/aromatic N) is 2. The molecular formula is C19H25N3O5. The van der Waals surface area contributed by atoms with Crippen LogP contribution in [-0.4, -0.2) is 51.8 Å². The summed E-state index contributed by atoms with van der Waals surface area (Å²) in [4.78, 5) is 49.2. The molecule has 1 saturated heterocycles. The van der Waals surface area contributed by atoms with Crippen molar-refractivity contribution < 1.29 is 23.9 Å². The van der Waals surface area contributed by atoms with E-state index in [4.69, 9.17) is 4.74 Å². The second kappa shape index (κ2) is 6.83. The summed E-state index contributed by atoms with van der Waals surface area (Å²) in [7, 11) is 0. The third-order valence-corrected chi connectivity index (χ3v) is 5.04. The SMILES string of the molecule is Cc1cc(C(=O)COC(=O)CCN2C(=O)NC(C)(C)C2=O)c(C)n1C1CC1. The van der Waals surface area contributed by atoms with E-state index in [0.717, 1.165) is 29.1 Å². The van der Waals surface area contributed by atoms with E-state index in [1.165, 1.54) is 0 Å². The fraction of sp³-hybridized carbons (Fsp3) is 0.579. The third-order valence-electron chi connectivity index (χ3n) is 5.04. The van der Waals surface area contributed by atoms with Crippen LogP contribution in [0.1, 0.15) is 60.9 Å². The topological polar surface area (TPSA) is 97.7 Å². The first-order chi connectivity index (χ1) is 12.6. The Balaban J connectivity index is 1.51. The number of carbonyl (C=O) groups excluding carboxylic acids is 4. The van der Waals surface area contributed by atoms with E-state index < -0.39 is 17.5 Å². The van der Waals surface area contributed by atoms with Crippen molar-refractivity contribution in [3.8, 4) is 0 Å². The van der Waals surface area contributed by atoms with Crippen molar-refractivity contribution in [3.05, 3.63) is 23.0 Å². The fourth-order valence-electron chi connectivity index (χ4n) is 3.47. The van der Waals surface area contributed by atoms with Gasteiger partial charge in [-0.25, -0.2) is 4.79 Å². The molecule has 2 aliphatic rings. The Bertz CT molecular complexity index is 820. The minimum absolute atomic E-state index is 0.0721. The van der Waals surface area contributed by atoms with Crippen LogP contribution in [0.3, 0.4) is 0 Å². The number of imide groups is 1. The van der Waals surface area contributed by atoms with Crippen LogP contribution in [0.5, 0.6) is 0 Å². The Morgan fingerprint density at radius 1 is 1.26 bits per heavy atom. The Kier molecular flexibility index (Phi) is 4.84. The number of hydrogen-bond acceptors (Lipinski definition) is 5. The molecule has 3 rings (SSSR count). The maximum Gasteiger partial charge on any atom is 0.325 e. The van der Waals surface area contributed by atoms with Crippen LogP contribution in [0.25, 0.3) is 0 Å². The highest BCUT2D eigenvalue weighted by atomic mass is 16.5. The number of hydrogen-bond donors (Lipinski definition) is 1. The van der Waals surface area contributed by atoms with Crippen LogP contribution < -0.4 is 5.32 Å². The van der Waals surface area contributed by atoms with Gasteiger partial charge >= 0.3 is 12.0 Å². The van der Waals surface area contributed by atoms with Crippen LogP contribution in [0.2, 0.25) is 0 Å². The van der Waals surface area contributed by atoms with Crippen molar-refractivity contribution in [2.45, 2.75) is 58.5 Å². The number of amides is 3. The van der Waals surface area contributed by atoms with Gasteiger partial charge in [-0.15, -0.1) is 0 Å². The molecule has 27 heavy (non-hydrogen) atoms. The molecule has 0 radical (unpaired) electrons.